The zero-order valence-electron chi connectivity index (χ0n) is 11.2. The fourth-order valence-electron chi connectivity index (χ4n) is 2.84. The summed E-state index contributed by atoms with van der Waals surface area (Å²) in [5, 5.41) is 3.48. The van der Waals surface area contributed by atoms with Gasteiger partial charge in [0, 0.05) is 12.6 Å². The Morgan fingerprint density at radius 1 is 1.19 bits per heavy atom. The Hall–Kier alpha value is -1.72. The lowest BCUT2D eigenvalue weighted by Crippen LogP contribution is -2.29. The minimum atomic E-state index is -0.278. The van der Waals surface area contributed by atoms with E-state index in [2.05, 4.69) is 55.5 Å². The zero-order chi connectivity index (χ0) is 14.4. The van der Waals surface area contributed by atoms with Crippen LogP contribution in [-0.4, -0.2) is 9.97 Å². The van der Waals surface area contributed by atoms with Gasteiger partial charge in [-0.1, -0.05) is 24.3 Å². The highest BCUT2D eigenvalue weighted by Crippen LogP contribution is 2.27. The number of hydrogen-bond donors (Lipinski definition) is 2. The van der Waals surface area contributed by atoms with Crippen molar-refractivity contribution in [1.29, 1.82) is 0 Å². The lowest BCUT2D eigenvalue weighted by Gasteiger charge is -2.24. The van der Waals surface area contributed by atoms with E-state index in [4.69, 9.17) is 0 Å². The quantitative estimate of drug-likeness (QED) is 0.703. The van der Waals surface area contributed by atoms with Crippen molar-refractivity contribution in [1.82, 2.24) is 15.3 Å². The van der Waals surface area contributed by atoms with Crippen LogP contribution < -0.4 is 5.32 Å². The second kappa shape index (κ2) is 4.93. The third kappa shape index (κ3) is 2.26. The Bertz CT molecular complexity index is 789. The number of aromatic nitrogens is 2. The lowest BCUT2D eigenvalue weighted by atomic mass is 9.96. The predicted molar refractivity (Wildman–Crippen MR) is 83.5 cm³/mol. The lowest BCUT2D eigenvalue weighted by molar-refractivity contribution is 0.481. The number of hydrogen-bond acceptors (Lipinski definition) is 2. The molecular formula is C16H13BrFN3. The number of nitrogens with zero attached hydrogens (tertiary/aromatic N) is 1. The molecular weight excluding hydrogens is 333 g/mol. The van der Waals surface area contributed by atoms with Crippen molar-refractivity contribution in [3.63, 3.8) is 0 Å². The molecule has 0 aliphatic carbocycles. The maximum Gasteiger partial charge on any atom is 0.139 e. The average Bonchev–Trinajstić information content (AvgIpc) is 2.90. The molecule has 3 nitrogen and oxygen atoms in total. The summed E-state index contributed by atoms with van der Waals surface area (Å²) < 4.78 is 14.0. The van der Waals surface area contributed by atoms with E-state index in [1.165, 1.54) is 17.2 Å². The van der Waals surface area contributed by atoms with Gasteiger partial charge in [-0.2, -0.15) is 0 Å². The van der Waals surface area contributed by atoms with Gasteiger partial charge in [0.05, 0.1) is 21.5 Å². The first-order valence-electron chi connectivity index (χ1n) is 6.85. The number of nitrogens with one attached hydrogen (secondary N) is 2. The van der Waals surface area contributed by atoms with Crippen molar-refractivity contribution < 1.29 is 4.39 Å². The molecule has 0 saturated carbocycles. The van der Waals surface area contributed by atoms with Gasteiger partial charge in [0.1, 0.15) is 11.6 Å². The topological polar surface area (TPSA) is 40.7 Å². The van der Waals surface area contributed by atoms with E-state index in [0.717, 1.165) is 29.8 Å². The van der Waals surface area contributed by atoms with Gasteiger partial charge >= 0.3 is 0 Å². The Kier molecular flexibility index (Phi) is 3.05. The van der Waals surface area contributed by atoms with E-state index in [1.807, 2.05) is 0 Å². The van der Waals surface area contributed by atoms with Crippen LogP contribution >= 0.6 is 15.9 Å². The molecule has 2 aromatic carbocycles. The number of benzene rings is 2. The van der Waals surface area contributed by atoms with Crippen molar-refractivity contribution in [2.45, 2.75) is 19.0 Å². The minimum absolute atomic E-state index is 0.133. The van der Waals surface area contributed by atoms with Crippen molar-refractivity contribution in [3.8, 4) is 0 Å². The molecule has 2 heterocycles. The number of imidazole rings is 1. The summed E-state index contributed by atoms with van der Waals surface area (Å²) in [4.78, 5) is 7.83. The van der Waals surface area contributed by atoms with Gasteiger partial charge in [0.15, 0.2) is 0 Å². The van der Waals surface area contributed by atoms with Crippen LogP contribution in [0.25, 0.3) is 11.0 Å². The van der Waals surface area contributed by atoms with Crippen LogP contribution in [0.1, 0.15) is 23.0 Å². The van der Waals surface area contributed by atoms with Crippen LogP contribution in [0, 0.1) is 5.82 Å². The fourth-order valence-corrected chi connectivity index (χ4v) is 3.17. The van der Waals surface area contributed by atoms with E-state index < -0.39 is 0 Å². The van der Waals surface area contributed by atoms with Crippen LogP contribution in [0.3, 0.4) is 0 Å². The first kappa shape index (κ1) is 13.0. The molecule has 0 saturated heterocycles. The van der Waals surface area contributed by atoms with E-state index in [9.17, 15) is 4.39 Å². The summed E-state index contributed by atoms with van der Waals surface area (Å²) in [5.41, 5.74) is 4.18. The molecule has 1 aromatic heterocycles. The Labute approximate surface area is 129 Å². The summed E-state index contributed by atoms with van der Waals surface area (Å²) in [6.45, 7) is 0.829. The molecule has 0 radical (unpaired) electrons. The van der Waals surface area contributed by atoms with Gasteiger partial charge in [-0.25, -0.2) is 9.37 Å². The molecule has 0 amide bonds. The highest BCUT2D eigenvalue weighted by molar-refractivity contribution is 9.10. The smallest absolute Gasteiger partial charge is 0.139 e. The maximum atomic E-state index is 13.6. The predicted octanol–water partition coefficient (Wildman–Crippen LogP) is 3.85. The van der Waals surface area contributed by atoms with Crippen molar-refractivity contribution in [3.05, 3.63) is 63.6 Å². The zero-order valence-corrected chi connectivity index (χ0v) is 12.7. The normalized spacial score (nSPS) is 17.9. The standard InChI is InChI=1S/C16H13BrFN3/c17-11-6-13-14(7-12(11)18)21-16(20-13)15-5-9-3-1-2-4-10(9)8-19-15/h1-4,6-7,15,19H,5,8H2,(H,20,21). The molecule has 1 aliphatic heterocycles. The molecule has 1 aliphatic rings. The summed E-state index contributed by atoms with van der Waals surface area (Å²) in [6.07, 6.45) is 0.889. The molecule has 3 aromatic rings. The number of halogens is 2. The van der Waals surface area contributed by atoms with Crippen LogP contribution in [0.4, 0.5) is 4.39 Å². The minimum Gasteiger partial charge on any atom is -0.341 e. The van der Waals surface area contributed by atoms with Gasteiger partial charge in [0.25, 0.3) is 0 Å². The molecule has 4 rings (SSSR count). The van der Waals surface area contributed by atoms with Crippen LogP contribution in [0.15, 0.2) is 40.9 Å². The maximum absolute atomic E-state index is 13.6. The number of fused-ring (bicyclic) bond motifs is 2. The highest BCUT2D eigenvalue weighted by atomic mass is 79.9. The van der Waals surface area contributed by atoms with E-state index in [-0.39, 0.29) is 11.9 Å². The van der Waals surface area contributed by atoms with Crippen molar-refractivity contribution >= 4 is 27.0 Å². The van der Waals surface area contributed by atoms with E-state index in [1.54, 1.807) is 6.07 Å². The van der Waals surface area contributed by atoms with Gasteiger partial charge in [0.2, 0.25) is 0 Å². The SMILES string of the molecule is Fc1cc2[nH]c(C3Cc4ccccc4CN3)nc2cc1Br. The number of H-pyrrole nitrogens is 1. The van der Waals surface area contributed by atoms with Gasteiger partial charge in [-0.15, -0.1) is 0 Å². The summed E-state index contributed by atoms with van der Waals surface area (Å²) in [7, 11) is 0. The van der Waals surface area contributed by atoms with Gasteiger partial charge in [-0.05, 0) is 39.5 Å². The number of rotatable bonds is 1. The number of aromatic amines is 1. The summed E-state index contributed by atoms with van der Waals surface area (Å²) in [5.74, 6) is 0.580. The molecule has 0 spiro atoms. The second-order valence-corrected chi connectivity index (χ2v) is 6.17. The Morgan fingerprint density at radius 3 is 2.86 bits per heavy atom. The Balaban J connectivity index is 1.71. The van der Waals surface area contributed by atoms with Crippen LogP contribution in [0.5, 0.6) is 0 Å². The third-order valence-electron chi connectivity index (χ3n) is 3.95. The molecule has 21 heavy (non-hydrogen) atoms. The summed E-state index contributed by atoms with van der Waals surface area (Å²) >= 11 is 3.20. The van der Waals surface area contributed by atoms with Crippen LogP contribution in [-0.2, 0) is 13.0 Å². The van der Waals surface area contributed by atoms with Gasteiger partial charge in [-0.3, -0.25) is 0 Å². The molecule has 2 N–H and O–H groups in total. The first-order valence-corrected chi connectivity index (χ1v) is 7.65. The van der Waals surface area contributed by atoms with Crippen molar-refractivity contribution in [2.75, 3.05) is 0 Å². The fraction of sp³-hybridized carbons (Fsp3) is 0.188. The monoisotopic (exact) mass is 345 g/mol. The van der Waals surface area contributed by atoms with E-state index >= 15 is 0 Å². The van der Waals surface area contributed by atoms with E-state index in [0.29, 0.717) is 4.47 Å². The molecule has 0 bridgehead atoms. The van der Waals surface area contributed by atoms with Crippen LogP contribution in [0.2, 0.25) is 0 Å². The second-order valence-electron chi connectivity index (χ2n) is 5.31. The Morgan fingerprint density at radius 2 is 2.00 bits per heavy atom. The molecule has 106 valence electrons. The molecule has 1 unspecified atom stereocenters. The third-order valence-corrected chi connectivity index (χ3v) is 4.56. The molecule has 1 atom stereocenters. The summed E-state index contributed by atoms with van der Waals surface area (Å²) in [6, 6.07) is 11.7. The average molecular weight is 346 g/mol. The first-order chi connectivity index (χ1) is 10.2. The molecule has 0 fully saturated rings. The molecule has 5 heteroatoms. The highest BCUT2D eigenvalue weighted by Gasteiger charge is 2.22. The van der Waals surface area contributed by atoms with Gasteiger partial charge < -0.3 is 10.3 Å². The largest absolute Gasteiger partial charge is 0.341 e. The van der Waals surface area contributed by atoms with Crippen molar-refractivity contribution in [2.24, 2.45) is 0 Å².